The third-order valence-electron chi connectivity index (χ3n) is 5.30. The predicted molar refractivity (Wildman–Crippen MR) is 126 cm³/mol. The van der Waals surface area contributed by atoms with Crippen molar-refractivity contribution >= 4 is 27.7 Å². The van der Waals surface area contributed by atoms with E-state index in [2.05, 4.69) is 0 Å². The number of carboxylic acids is 1. The van der Waals surface area contributed by atoms with Gasteiger partial charge in [-0.15, -0.1) is 0 Å². The van der Waals surface area contributed by atoms with E-state index in [9.17, 15) is 9.59 Å². The minimum absolute atomic E-state index is 0.00750. The zero-order valence-electron chi connectivity index (χ0n) is 18.0. The molecule has 0 bridgehead atoms. The second-order valence-electron chi connectivity index (χ2n) is 7.61. The Labute approximate surface area is 182 Å². The maximum Gasteiger partial charge on any atom is 0.306 e. The second kappa shape index (κ2) is 10.6. The Morgan fingerprint density at radius 1 is 0.903 bits per heavy atom. The van der Waals surface area contributed by atoms with E-state index >= 15 is 0 Å². The summed E-state index contributed by atoms with van der Waals surface area (Å²) in [7, 11) is 0. The van der Waals surface area contributed by atoms with Gasteiger partial charge in [0.05, 0.1) is 11.3 Å². The highest BCUT2D eigenvalue weighted by Gasteiger charge is 2.14. The van der Waals surface area contributed by atoms with Gasteiger partial charge in [-0.1, -0.05) is 87.4 Å². The van der Waals surface area contributed by atoms with Crippen LogP contribution in [-0.2, 0) is 4.79 Å². The van der Waals surface area contributed by atoms with Gasteiger partial charge in [-0.3, -0.25) is 9.59 Å². The molecule has 0 saturated carbocycles. The van der Waals surface area contributed by atoms with E-state index in [0.717, 1.165) is 42.0 Å². The van der Waals surface area contributed by atoms with Gasteiger partial charge in [0.25, 0.3) is 0 Å². The molecule has 4 rings (SSSR count). The maximum atomic E-state index is 12.5. The van der Waals surface area contributed by atoms with Crippen molar-refractivity contribution in [3.63, 3.8) is 0 Å². The molecule has 4 aromatic rings. The van der Waals surface area contributed by atoms with Gasteiger partial charge in [0.1, 0.15) is 11.3 Å². The number of hydrogen-bond acceptors (Lipinski definition) is 3. The molecule has 0 unspecified atom stereocenters. The van der Waals surface area contributed by atoms with Gasteiger partial charge in [-0.05, 0) is 29.7 Å². The number of rotatable bonds is 6. The summed E-state index contributed by atoms with van der Waals surface area (Å²) in [6.45, 7) is 4.04. The van der Waals surface area contributed by atoms with Crippen LogP contribution in [0.5, 0.6) is 0 Å². The molecule has 1 heterocycles. The predicted octanol–water partition coefficient (Wildman–Crippen LogP) is 6.90. The van der Waals surface area contributed by atoms with E-state index in [0.29, 0.717) is 16.7 Å². The molecule has 0 aliphatic carbocycles. The SMILES string of the molecule is CCCC(CCC)C(=O)O.O=c1cc(-c2ccccc2)oc2ccc3ccccc3c12. The van der Waals surface area contributed by atoms with Crippen molar-refractivity contribution in [2.24, 2.45) is 5.92 Å². The molecule has 160 valence electrons. The highest BCUT2D eigenvalue weighted by atomic mass is 16.4. The number of aliphatic carboxylic acids is 1. The van der Waals surface area contributed by atoms with Crippen LogP contribution < -0.4 is 5.43 Å². The van der Waals surface area contributed by atoms with Gasteiger partial charge in [0.2, 0.25) is 0 Å². The van der Waals surface area contributed by atoms with Gasteiger partial charge in [-0.2, -0.15) is 0 Å². The molecule has 1 aromatic heterocycles. The van der Waals surface area contributed by atoms with Crippen molar-refractivity contribution in [1.29, 1.82) is 0 Å². The number of benzene rings is 3. The molecule has 0 atom stereocenters. The minimum atomic E-state index is -0.635. The zero-order chi connectivity index (χ0) is 22.2. The Morgan fingerprint density at radius 3 is 2.19 bits per heavy atom. The molecule has 0 saturated heterocycles. The van der Waals surface area contributed by atoms with Crippen LogP contribution in [0.3, 0.4) is 0 Å². The summed E-state index contributed by atoms with van der Waals surface area (Å²) in [6.07, 6.45) is 3.58. The number of hydrogen-bond donors (Lipinski definition) is 1. The van der Waals surface area contributed by atoms with Gasteiger partial charge >= 0.3 is 5.97 Å². The van der Waals surface area contributed by atoms with Crippen molar-refractivity contribution in [2.75, 3.05) is 0 Å². The normalized spacial score (nSPS) is 10.8. The lowest BCUT2D eigenvalue weighted by Gasteiger charge is -2.07. The molecule has 0 amide bonds. The fourth-order valence-corrected chi connectivity index (χ4v) is 3.76. The highest BCUT2D eigenvalue weighted by molar-refractivity contribution is 6.05. The summed E-state index contributed by atoms with van der Waals surface area (Å²) in [4.78, 5) is 23.0. The molecule has 1 N–H and O–H groups in total. The molecule has 0 radical (unpaired) electrons. The largest absolute Gasteiger partial charge is 0.481 e. The quantitative estimate of drug-likeness (QED) is 0.347. The Hall–Kier alpha value is -3.40. The minimum Gasteiger partial charge on any atom is -0.481 e. The molecule has 4 nitrogen and oxygen atoms in total. The summed E-state index contributed by atoms with van der Waals surface area (Å²) in [5, 5.41) is 11.3. The average Bonchev–Trinajstić information content (AvgIpc) is 2.79. The Kier molecular flexibility index (Phi) is 7.60. The van der Waals surface area contributed by atoms with E-state index in [1.54, 1.807) is 6.07 Å². The molecule has 0 aliphatic rings. The molecule has 3 aromatic carbocycles. The van der Waals surface area contributed by atoms with E-state index in [1.165, 1.54) is 0 Å². The Balaban J connectivity index is 0.000000233. The van der Waals surface area contributed by atoms with Crippen molar-refractivity contribution in [3.8, 4) is 11.3 Å². The first-order valence-electron chi connectivity index (χ1n) is 10.8. The van der Waals surface area contributed by atoms with Crippen LogP contribution in [0, 0.1) is 5.92 Å². The van der Waals surface area contributed by atoms with E-state index in [-0.39, 0.29) is 11.3 Å². The summed E-state index contributed by atoms with van der Waals surface area (Å²) < 4.78 is 5.94. The monoisotopic (exact) mass is 416 g/mol. The van der Waals surface area contributed by atoms with Crippen LogP contribution in [0.2, 0.25) is 0 Å². The molecule has 4 heteroatoms. The van der Waals surface area contributed by atoms with E-state index in [1.807, 2.05) is 80.6 Å². The lowest BCUT2D eigenvalue weighted by Crippen LogP contribution is -2.12. The first-order chi connectivity index (χ1) is 15.0. The summed E-state index contributed by atoms with van der Waals surface area (Å²) in [5.41, 5.74) is 1.52. The number of carboxylic acid groups (broad SMARTS) is 1. The number of carbonyl (C=O) groups is 1. The lowest BCUT2D eigenvalue weighted by atomic mass is 9.99. The fourth-order valence-electron chi connectivity index (χ4n) is 3.76. The Morgan fingerprint density at radius 2 is 1.55 bits per heavy atom. The first kappa shape index (κ1) is 22.3. The third kappa shape index (κ3) is 5.40. The fraction of sp³-hybridized carbons (Fsp3) is 0.259. The van der Waals surface area contributed by atoms with Crippen LogP contribution in [0.25, 0.3) is 33.1 Å². The van der Waals surface area contributed by atoms with Crippen LogP contribution >= 0.6 is 0 Å². The standard InChI is InChI=1S/C19H12O2.C8H16O2/c20-16-12-18(14-7-2-1-3-8-14)21-17-11-10-13-6-4-5-9-15(13)19(16)17;1-3-5-7(6-4-2)8(9)10/h1-12H;7H,3-6H2,1-2H3,(H,9,10). The molecule has 31 heavy (non-hydrogen) atoms. The highest BCUT2D eigenvalue weighted by Crippen LogP contribution is 2.26. The van der Waals surface area contributed by atoms with Gasteiger partial charge in [0, 0.05) is 11.6 Å². The summed E-state index contributed by atoms with van der Waals surface area (Å²) in [6, 6.07) is 23.0. The van der Waals surface area contributed by atoms with Gasteiger partial charge in [-0.25, -0.2) is 0 Å². The van der Waals surface area contributed by atoms with Gasteiger partial charge < -0.3 is 9.52 Å². The van der Waals surface area contributed by atoms with E-state index in [4.69, 9.17) is 9.52 Å². The van der Waals surface area contributed by atoms with Crippen LogP contribution in [0.15, 0.2) is 82.0 Å². The second-order valence-corrected chi connectivity index (χ2v) is 7.61. The van der Waals surface area contributed by atoms with Crippen LogP contribution in [0.1, 0.15) is 39.5 Å². The van der Waals surface area contributed by atoms with Gasteiger partial charge in [0.15, 0.2) is 5.43 Å². The summed E-state index contributed by atoms with van der Waals surface area (Å²) >= 11 is 0. The Bertz CT molecular complexity index is 1200. The lowest BCUT2D eigenvalue weighted by molar-refractivity contribution is -0.142. The zero-order valence-corrected chi connectivity index (χ0v) is 18.0. The average molecular weight is 417 g/mol. The maximum absolute atomic E-state index is 12.5. The summed E-state index contributed by atoms with van der Waals surface area (Å²) in [5.74, 6) is -0.137. The van der Waals surface area contributed by atoms with Crippen molar-refractivity contribution in [3.05, 3.63) is 83.0 Å². The molecule has 0 aliphatic heterocycles. The topological polar surface area (TPSA) is 67.5 Å². The number of fused-ring (bicyclic) bond motifs is 3. The van der Waals surface area contributed by atoms with Crippen molar-refractivity contribution < 1.29 is 14.3 Å². The smallest absolute Gasteiger partial charge is 0.306 e. The molecular formula is C27H28O4. The van der Waals surface area contributed by atoms with E-state index < -0.39 is 5.97 Å². The van der Waals surface area contributed by atoms with Crippen LogP contribution in [-0.4, -0.2) is 11.1 Å². The first-order valence-corrected chi connectivity index (χ1v) is 10.8. The molecule has 0 fully saturated rings. The van der Waals surface area contributed by atoms with Crippen LogP contribution in [0.4, 0.5) is 0 Å². The molecular weight excluding hydrogens is 388 g/mol. The van der Waals surface area contributed by atoms with Crippen molar-refractivity contribution in [2.45, 2.75) is 39.5 Å². The van der Waals surface area contributed by atoms with Crippen molar-refractivity contribution in [1.82, 2.24) is 0 Å². The third-order valence-corrected chi connectivity index (χ3v) is 5.30. The molecule has 0 spiro atoms.